The minimum absolute atomic E-state index is 0.0401. The summed E-state index contributed by atoms with van der Waals surface area (Å²) in [6.07, 6.45) is 4.12. The Bertz CT molecular complexity index is 651. The molecular formula is C13H14N4O3. The number of carbonyl (C=O) groups excluding carboxylic acids is 1. The second-order valence-electron chi connectivity index (χ2n) is 4.40. The molecule has 20 heavy (non-hydrogen) atoms. The number of hydrogen-bond acceptors (Lipinski definition) is 4. The van der Waals surface area contributed by atoms with Gasteiger partial charge in [-0.15, -0.1) is 0 Å². The number of carboxylic acids is 1. The standard InChI is InChI=1S/C13H14N4O3/c1-8-3-4-14-11(5-8)16-12(18)9(2)17-7-10(6-15-17)13(19)20/h3-7,9H,1-2H3,(H,19,20)(H,14,16,18). The van der Waals surface area contributed by atoms with Crippen LogP contribution < -0.4 is 5.32 Å². The molecular weight excluding hydrogens is 260 g/mol. The zero-order valence-corrected chi connectivity index (χ0v) is 11.1. The molecule has 104 valence electrons. The van der Waals surface area contributed by atoms with Crippen molar-refractivity contribution in [2.45, 2.75) is 19.9 Å². The number of nitrogens with one attached hydrogen (secondary N) is 1. The molecule has 0 aromatic carbocycles. The van der Waals surface area contributed by atoms with Crippen molar-refractivity contribution in [3.8, 4) is 0 Å². The molecule has 1 amide bonds. The monoisotopic (exact) mass is 274 g/mol. The van der Waals surface area contributed by atoms with Gasteiger partial charge in [0.2, 0.25) is 5.91 Å². The zero-order valence-electron chi connectivity index (χ0n) is 11.1. The summed E-state index contributed by atoms with van der Waals surface area (Å²) in [5.41, 5.74) is 1.02. The maximum atomic E-state index is 12.0. The van der Waals surface area contributed by atoms with Crippen molar-refractivity contribution in [2.24, 2.45) is 0 Å². The predicted octanol–water partition coefficient (Wildman–Crippen LogP) is 1.48. The smallest absolute Gasteiger partial charge is 0.338 e. The number of amides is 1. The van der Waals surface area contributed by atoms with Gasteiger partial charge in [-0.2, -0.15) is 5.10 Å². The minimum atomic E-state index is -1.08. The quantitative estimate of drug-likeness (QED) is 0.880. The molecule has 2 N–H and O–H groups in total. The number of carbonyl (C=O) groups is 2. The Morgan fingerprint density at radius 2 is 2.20 bits per heavy atom. The van der Waals surface area contributed by atoms with Crippen molar-refractivity contribution >= 4 is 17.7 Å². The zero-order chi connectivity index (χ0) is 14.7. The highest BCUT2D eigenvalue weighted by atomic mass is 16.4. The topological polar surface area (TPSA) is 97.1 Å². The van der Waals surface area contributed by atoms with Crippen LogP contribution in [0.25, 0.3) is 0 Å². The lowest BCUT2D eigenvalue weighted by Crippen LogP contribution is -2.24. The van der Waals surface area contributed by atoms with Crippen molar-refractivity contribution in [3.63, 3.8) is 0 Å². The number of aromatic carboxylic acids is 1. The van der Waals surface area contributed by atoms with Crippen LogP contribution in [0.3, 0.4) is 0 Å². The van der Waals surface area contributed by atoms with Gasteiger partial charge in [-0.3, -0.25) is 9.48 Å². The molecule has 7 nitrogen and oxygen atoms in total. The Balaban J connectivity index is 2.10. The molecule has 0 aliphatic carbocycles. The van der Waals surface area contributed by atoms with Crippen LogP contribution in [-0.4, -0.2) is 31.7 Å². The molecule has 0 saturated heterocycles. The Kier molecular flexibility index (Phi) is 3.79. The second kappa shape index (κ2) is 5.52. The van der Waals surface area contributed by atoms with Crippen LogP contribution in [0, 0.1) is 6.92 Å². The number of nitrogens with zero attached hydrogens (tertiary/aromatic N) is 3. The first-order valence-electron chi connectivity index (χ1n) is 5.98. The van der Waals surface area contributed by atoms with Gasteiger partial charge in [0.05, 0.1) is 11.8 Å². The lowest BCUT2D eigenvalue weighted by atomic mass is 10.3. The van der Waals surface area contributed by atoms with Gasteiger partial charge in [0.15, 0.2) is 0 Å². The predicted molar refractivity (Wildman–Crippen MR) is 71.5 cm³/mol. The van der Waals surface area contributed by atoms with Crippen LogP contribution in [-0.2, 0) is 4.79 Å². The third-order valence-corrected chi connectivity index (χ3v) is 2.79. The molecule has 0 saturated carbocycles. The summed E-state index contributed by atoms with van der Waals surface area (Å²) in [5, 5.41) is 15.4. The summed E-state index contributed by atoms with van der Waals surface area (Å²) in [7, 11) is 0. The van der Waals surface area contributed by atoms with E-state index in [4.69, 9.17) is 5.11 Å². The largest absolute Gasteiger partial charge is 0.478 e. The number of carboxylic acid groups (broad SMARTS) is 1. The normalized spacial score (nSPS) is 11.9. The lowest BCUT2D eigenvalue weighted by molar-refractivity contribution is -0.119. The molecule has 0 fully saturated rings. The van der Waals surface area contributed by atoms with Crippen LogP contribution in [0.1, 0.15) is 28.9 Å². The third kappa shape index (κ3) is 3.00. The summed E-state index contributed by atoms with van der Waals surface area (Å²) >= 11 is 0. The average Bonchev–Trinajstić information content (AvgIpc) is 2.87. The van der Waals surface area contributed by atoms with Gasteiger partial charge in [-0.1, -0.05) is 0 Å². The van der Waals surface area contributed by atoms with Gasteiger partial charge >= 0.3 is 5.97 Å². The molecule has 7 heteroatoms. The van der Waals surface area contributed by atoms with E-state index in [9.17, 15) is 9.59 Å². The van der Waals surface area contributed by atoms with Gasteiger partial charge in [0.1, 0.15) is 11.9 Å². The fourth-order valence-electron chi connectivity index (χ4n) is 1.62. The minimum Gasteiger partial charge on any atom is -0.478 e. The lowest BCUT2D eigenvalue weighted by Gasteiger charge is -2.12. The summed E-state index contributed by atoms with van der Waals surface area (Å²) in [4.78, 5) is 26.8. The third-order valence-electron chi connectivity index (χ3n) is 2.79. The number of rotatable bonds is 4. The van der Waals surface area contributed by atoms with E-state index in [0.717, 1.165) is 5.56 Å². The van der Waals surface area contributed by atoms with E-state index in [1.54, 1.807) is 19.2 Å². The number of aryl methyl sites for hydroxylation is 1. The maximum Gasteiger partial charge on any atom is 0.338 e. The first kappa shape index (κ1) is 13.7. The van der Waals surface area contributed by atoms with E-state index >= 15 is 0 Å². The molecule has 2 aromatic rings. The van der Waals surface area contributed by atoms with Gasteiger partial charge in [-0.25, -0.2) is 9.78 Å². The van der Waals surface area contributed by atoms with E-state index in [0.29, 0.717) is 5.82 Å². The van der Waals surface area contributed by atoms with Crippen LogP contribution in [0.4, 0.5) is 5.82 Å². The highest BCUT2D eigenvalue weighted by Crippen LogP contribution is 2.11. The summed E-state index contributed by atoms with van der Waals surface area (Å²) in [6, 6.07) is 2.94. The Morgan fingerprint density at radius 3 is 2.80 bits per heavy atom. The summed E-state index contributed by atoms with van der Waals surface area (Å²) < 4.78 is 1.30. The molecule has 0 spiro atoms. The van der Waals surface area contributed by atoms with Crippen molar-refractivity contribution in [2.75, 3.05) is 5.32 Å². The average molecular weight is 274 g/mol. The highest BCUT2D eigenvalue weighted by molar-refractivity contribution is 5.93. The van der Waals surface area contributed by atoms with E-state index < -0.39 is 12.0 Å². The molecule has 2 heterocycles. The molecule has 0 bridgehead atoms. The number of hydrogen-bond donors (Lipinski definition) is 2. The van der Waals surface area contributed by atoms with Gasteiger partial charge in [0, 0.05) is 12.4 Å². The van der Waals surface area contributed by atoms with Gasteiger partial charge in [-0.05, 0) is 31.5 Å². The van der Waals surface area contributed by atoms with Gasteiger partial charge < -0.3 is 10.4 Å². The van der Waals surface area contributed by atoms with Crippen LogP contribution >= 0.6 is 0 Å². The maximum absolute atomic E-state index is 12.0. The SMILES string of the molecule is Cc1ccnc(NC(=O)C(C)n2cc(C(=O)O)cn2)c1. The van der Waals surface area contributed by atoms with E-state index in [2.05, 4.69) is 15.4 Å². The number of aromatic nitrogens is 3. The van der Waals surface area contributed by atoms with E-state index in [1.807, 2.05) is 13.0 Å². The second-order valence-corrected chi connectivity index (χ2v) is 4.40. The van der Waals surface area contributed by atoms with Crippen LogP contribution in [0.15, 0.2) is 30.7 Å². The molecule has 1 unspecified atom stereocenters. The fraction of sp³-hybridized carbons (Fsp3) is 0.231. The van der Waals surface area contributed by atoms with Crippen molar-refractivity contribution in [1.82, 2.24) is 14.8 Å². The Morgan fingerprint density at radius 1 is 1.45 bits per heavy atom. The molecule has 2 rings (SSSR count). The van der Waals surface area contributed by atoms with Gasteiger partial charge in [0.25, 0.3) is 0 Å². The first-order valence-corrected chi connectivity index (χ1v) is 5.98. The summed E-state index contributed by atoms with van der Waals surface area (Å²) in [6.45, 7) is 3.52. The van der Waals surface area contributed by atoms with E-state index in [-0.39, 0.29) is 11.5 Å². The molecule has 0 aliphatic heterocycles. The first-order chi connectivity index (χ1) is 9.47. The van der Waals surface area contributed by atoms with Crippen molar-refractivity contribution < 1.29 is 14.7 Å². The Hall–Kier alpha value is -2.70. The van der Waals surface area contributed by atoms with Crippen molar-refractivity contribution in [3.05, 3.63) is 41.9 Å². The summed E-state index contributed by atoms with van der Waals surface area (Å²) in [5.74, 6) is -0.945. The molecule has 2 aromatic heterocycles. The van der Waals surface area contributed by atoms with Crippen molar-refractivity contribution in [1.29, 1.82) is 0 Å². The Labute approximate surface area is 115 Å². The molecule has 1 atom stereocenters. The highest BCUT2D eigenvalue weighted by Gasteiger charge is 2.18. The number of anilines is 1. The molecule has 0 radical (unpaired) electrons. The molecule has 0 aliphatic rings. The van der Waals surface area contributed by atoms with Crippen LogP contribution in [0.5, 0.6) is 0 Å². The van der Waals surface area contributed by atoms with E-state index in [1.165, 1.54) is 17.1 Å². The fourth-order valence-corrected chi connectivity index (χ4v) is 1.62. The van der Waals surface area contributed by atoms with Crippen LogP contribution in [0.2, 0.25) is 0 Å². The number of pyridine rings is 1.